The lowest BCUT2D eigenvalue weighted by Gasteiger charge is -2.38. The Balaban J connectivity index is 3.25. The molecule has 1 N–H and O–H groups in total. The average Bonchev–Trinajstić information content (AvgIpc) is 2.71. The number of ether oxygens (including phenoxy) is 1. The van der Waals surface area contributed by atoms with E-state index in [1.807, 2.05) is 13.8 Å². The van der Waals surface area contributed by atoms with E-state index in [0.29, 0.717) is 12.3 Å². The number of carbonyl (C=O) groups is 3. The van der Waals surface area contributed by atoms with Gasteiger partial charge >= 0.3 is 5.97 Å². The van der Waals surface area contributed by atoms with Crippen LogP contribution < -0.4 is 0 Å². The second-order valence-electron chi connectivity index (χ2n) is 9.79. The second-order valence-corrected chi connectivity index (χ2v) is 9.79. The zero-order valence-corrected chi connectivity index (χ0v) is 19.6. The highest BCUT2D eigenvalue weighted by Gasteiger charge is 2.45. The Morgan fingerprint density at radius 3 is 2.47 bits per heavy atom. The quantitative estimate of drug-likeness (QED) is 0.232. The maximum Gasteiger partial charge on any atom is 0.335 e. The van der Waals surface area contributed by atoms with E-state index >= 15 is 0 Å². The van der Waals surface area contributed by atoms with Crippen LogP contribution in [0, 0.1) is 29.1 Å². The van der Waals surface area contributed by atoms with Gasteiger partial charge in [-0.3, -0.25) is 4.79 Å². The van der Waals surface area contributed by atoms with E-state index in [1.165, 1.54) is 19.3 Å². The van der Waals surface area contributed by atoms with Gasteiger partial charge in [0.15, 0.2) is 0 Å². The number of hydrogen-bond acceptors (Lipinski definition) is 5. The summed E-state index contributed by atoms with van der Waals surface area (Å²) >= 11 is 0. The van der Waals surface area contributed by atoms with Crippen molar-refractivity contribution in [3.63, 3.8) is 0 Å². The first-order valence-corrected chi connectivity index (χ1v) is 11.2. The molecular formula is C25H40O5. The van der Waals surface area contributed by atoms with Crippen LogP contribution in [0.3, 0.4) is 0 Å². The van der Waals surface area contributed by atoms with Gasteiger partial charge in [-0.05, 0) is 63.4 Å². The maximum atomic E-state index is 13.2. The molecule has 0 aromatic rings. The van der Waals surface area contributed by atoms with E-state index in [0.717, 1.165) is 31.3 Å². The average molecular weight is 421 g/mol. The van der Waals surface area contributed by atoms with Gasteiger partial charge in [0, 0.05) is 24.3 Å². The molecule has 0 radical (unpaired) electrons. The summed E-state index contributed by atoms with van der Waals surface area (Å²) in [6, 6.07) is 0. The summed E-state index contributed by atoms with van der Waals surface area (Å²) < 4.78 is 5.23. The molecule has 1 fully saturated rings. The van der Waals surface area contributed by atoms with Crippen LogP contribution in [-0.4, -0.2) is 29.2 Å². The lowest BCUT2D eigenvalue weighted by atomic mass is 9.65. The molecule has 5 heteroatoms. The summed E-state index contributed by atoms with van der Waals surface area (Å²) in [6.07, 6.45) is 9.19. The van der Waals surface area contributed by atoms with Crippen molar-refractivity contribution in [2.24, 2.45) is 29.1 Å². The minimum atomic E-state index is -0.510. The van der Waals surface area contributed by atoms with Crippen LogP contribution in [0.5, 0.6) is 0 Å². The zero-order valence-electron chi connectivity index (χ0n) is 19.6. The van der Waals surface area contributed by atoms with Gasteiger partial charge < -0.3 is 14.6 Å². The van der Waals surface area contributed by atoms with Crippen LogP contribution in [0.4, 0.5) is 0 Å². The maximum absolute atomic E-state index is 13.2. The van der Waals surface area contributed by atoms with Gasteiger partial charge in [-0.2, -0.15) is 0 Å². The van der Waals surface area contributed by atoms with E-state index in [9.17, 15) is 19.5 Å². The summed E-state index contributed by atoms with van der Waals surface area (Å²) in [5.74, 6) is -1.13. The molecule has 0 aromatic carbocycles. The summed E-state index contributed by atoms with van der Waals surface area (Å²) in [5.41, 5.74) is 0.630. The number of carbonyl (C=O) groups excluding carboxylic acids is 3. The topological polar surface area (TPSA) is 80.7 Å². The molecule has 1 aliphatic rings. The number of hydrogen-bond donors (Lipinski definition) is 1. The first-order valence-electron chi connectivity index (χ1n) is 11.2. The number of aliphatic hydroxyl groups is 1. The third kappa shape index (κ3) is 8.17. The molecule has 0 amide bonds. The van der Waals surface area contributed by atoms with Gasteiger partial charge in [0.2, 0.25) is 0 Å². The van der Waals surface area contributed by atoms with Gasteiger partial charge in [0.1, 0.15) is 11.6 Å². The zero-order chi connectivity index (χ0) is 22.9. The number of aliphatic hydroxyl groups excluding tert-OH is 1. The molecule has 5 nitrogen and oxygen atoms in total. The van der Waals surface area contributed by atoms with Gasteiger partial charge in [-0.25, -0.2) is 4.79 Å². The fourth-order valence-corrected chi connectivity index (χ4v) is 4.53. The number of allylic oxidation sites excluding steroid dienone is 2. The summed E-state index contributed by atoms with van der Waals surface area (Å²) in [6.45, 7) is 11.5. The van der Waals surface area contributed by atoms with Crippen molar-refractivity contribution in [1.29, 1.82) is 0 Å². The largest absolute Gasteiger partial charge is 0.432 e. The van der Waals surface area contributed by atoms with Crippen molar-refractivity contribution >= 4 is 17.5 Å². The molecule has 170 valence electrons. The summed E-state index contributed by atoms with van der Waals surface area (Å²) in [7, 11) is 0. The van der Waals surface area contributed by atoms with Crippen LogP contribution in [0.2, 0.25) is 0 Å². The highest BCUT2D eigenvalue weighted by atomic mass is 16.5. The fraction of sp³-hybridized carbons (Fsp3) is 0.720. The van der Waals surface area contributed by atoms with Gasteiger partial charge in [0.25, 0.3) is 0 Å². The molecule has 0 spiro atoms. The monoisotopic (exact) mass is 420 g/mol. The van der Waals surface area contributed by atoms with E-state index in [1.54, 1.807) is 6.08 Å². The molecule has 1 saturated carbocycles. The Morgan fingerprint density at radius 2 is 1.93 bits per heavy atom. The lowest BCUT2D eigenvalue weighted by Crippen LogP contribution is -2.36. The van der Waals surface area contributed by atoms with Crippen molar-refractivity contribution in [2.45, 2.75) is 80.1 Å². The molecule has 0 saturated heterocycles. The minimum absolute atomic E-state index is 0.0450. The lowest BCUT2D eigenvalue weighted by molar-refractivity contribution is -0.133. The van der Waals surface area contributed by atoms with Crippen molar-refractivity contribution in [3.8, 4) is 0 Å². The highest BCUT2D eigenvalue weighted by Crippen LogP contribution is 2.48. The number of rotatable bonds is 10. The summed E-state index contributed by atoms with van der Waals surface area (Å²) in [4.78, 5) is 37.1. The van der Waals surface area contributed by atoms with Crippen LogP contribution in [0.25, 0.3) is 0 Å². The molecule has 0 bridgehead atoms. The van der Waals surface area contributed by atoms with Crippen molar-refractivity contribution in [1.82, 2.24) is 0 Å². The Morgan fingerprint density at radius 1 is 1.27 bits per heavy atom. The van der Waals surface area contributed by atoms with Crippen molar-refractivity contribution in [2.75, 3.05) is 6.61 Å². The molecule has 1 rings (SSSR count). The van der Waals surface area contributed by atoms with Gasteiger partial charge in [-0.1, -0.05) is 39.2 Å². The number of esters is 1. The third-order valence-electron chi connectivity index (χ3n) is 6.20. The Bertz CT molecular complexity index is 656. The molecule has 0 aromatic heterocycles. The fourth-order valence-electron chi connectivity index (χ4n) is 4.53. The van der Waals surface area contributed by atoms with Crippen LogP contribution in [0.15, 0.2) is 24.0 Å². The van der Waals surface area contributed by atoms with E-state index in [-0.39, 0.29) is 35.9 Å². The molecule has 0 heterocycles. The Kier molecular flexibility index (Phi) is 10.7. The van der Waals surface area contributed by atoms with Crippen LogP contribution in [-0.2, 0) is 19.1 Å². The predicted molar refractivity (Wildman–Crippen MR) is 119 cm³/mol. The molecule has 0 unspecified atom stereocenters. The normalized spacial score (nSPS) is 27.2. The number of ketones is 2. The molecular weight excluding hydrogens is 380 g/mol. The molecule has 30 heavy (non-hydrogen) atoms. The first kappa shape index (κ1) is 26.3. The Labute approximate surface area is 182 Å². The van der Waals surface area contributed by atoms with Crippen LogP contribution in [0.1, 0.15) is 80.1 Å². The Hall–Kier alpha value is -1.75. The van der Waals surface area contributed by atoms with Crippen LogP contribution >= 0.6 is 0 Å². The highest BCUT2D eigenvalue weighted by molar-refractivity contribution is 5.89. The minimum Gasteiger partial charge on any atom is -0.432 e. The third-order valence-corrected chi connectivity index (χ3v) is 6.20. The molecule has 4 atom stereocenters. The van der Waals surface area contributed by atoms with E-state index < -0.39 is 17.8 Å². The second kappa shape index (κ2) is 12.2. The molecule has 1 aliphatic carbocycles. The van der Waals surface area contributed by atoms with Gasteiger partial charge in [-0.15, -0.1) is 0 Å². The summed E-state index contributed by atoms with van der Waals surface area (Å²) in [5, 5.41) is 9.78. The molecule has 0 aliphatic heterocycles. The van der Waals surface area contributed by atoms with E-state index in [2.05, 4.69) is 20.8 Å². The SMILES string of the molecule is CC(=O)C[C@@H]1C(=O)[C@H](CO)CC[C@](C)(CCCC(C)C)[C@H]1/C=C/OC(=O)C=C(C)C. The number of Topliss-reactive ketones (excluding diaryl/α,β-unsaturated/α-hetero) is 2. The van der Waals surface area contributed by atoms with Crippen molar-refractivity contribution < 1.29 is 24.2 Å². The predicted octanol–water partition coefficient (Wildman–Crippen LogP) is 5.03. The standard InChI is InChI=1S/C25H40O5/c1-17(2)8-7-11-25(6)12-9-20(16-26)24(29)21(15-19(5)27)22(25)10-13-30-23(28)14-18(3)4/h10,13-14,17,20-22,26H,7-9,11-12,15-16H2,1-6H3/b13-10+/t20-,21-,22-,25-/m0/s1. The smallest absolute Gasteiger partial charge is 0.335 e. The van der Waals surface area contributed by atoms with Gasteiger partial charge in [0.05, 0.1) is 12.9 Å². The van der Waals surface area contributed by atoms with Crippen molar-refractivity contribution in [3.05, 3.63) is 24.0 Å². The first-order chi connectivity index (χ1) is 14.0. The van der Waals surface area contributed by atoms with E-state index in [4.69, 9.17) is 4.74 Å².